The molecule has 104 valence electrons. The van der Waals surface area contributed by atoms with Gasteiger partial charge < -0.3 is 16.3 Å². The molecule has 0 saturated carbocycles. The Kier molecular flexibility index (Phi) is 5.64. The van der Waals surface area contributed by atoms with Gasteiger partial charge in [0, 0.05) is 16.1 Å². The lowest BCUT2D eigenvalue weighted by Crippen LogP contribution is -1.94. The number of hydrogen-bond donors (Lipinski definition) is 1. The van der Waals surface area contributed by atoms with Crippen molar-refractivity contribution in [2.45, 2.75) is 0 Å². The van der Waals surface area contributed by atoms with E-state index in [4.69, 9.17) is 0 Å². The molecule has 0 aliphatic rings. The van der Waals surface area contributed by atoms with E-state index in [0.29, 0.717) is 0 Å². The fourth-order valence-electron chi connectivity index (χ4n) is 1.91. The van der Waals surface area contributed by atoms with Crippen molar-refractivity contribution in [2.75, 3.05) is 5.32 Å². The largest absolute Gasteiger partial charge is 0.412 e. The number of benzene rings is 2. The molecule has 0 amide bonds. The summed E-state index contributed by atoms with van der Waals surface area (Å²) in [6.07, 6.45) is 1.82. The Labute approximate surface area is 125 Å². The van der Waals surface area contributed by atoms with Gasteiger partial charge >= 0.3 is 0 Å². The zero-order valence-corrected chi connectivity index (χ0v) is 12.2. The molecule has 0 unspecified atom stereocenters. The molecule has 0 saturated heterocycles. The van der Waals surface area contributed by atoms with Gasteiger partial charge in [-0.2, -0.15) is 0 Å². The Hall–Kier alpha value is -1.95. The second kappa shape index (κ2) is 7.00. The molecule has 20 heavy (non-hydrogen) atoms. The van der Waals surface area contributed by atoms with Crippen LogP contribution in [0.5, 0.6) is 0 Å². The highest BCUT2D eigenvalue weighted by Gasteiger charge is 2.03. The fraction of sp³-hybridized carbons (Fsp3) is 0. The summed E-state index contributed by atoms with van der Waals surface area (Å²) >= 11 is 3.53. The van der Waals surface area contributed by atoms with E-state index in [-0.39, 0.29) is 11.0 Å². The van der Waals surface area contributed by atoms with Crippen molar-refractivity contribution >= 4 is 38.2 Å². The molecule has 5 N–H and O–H groups in total. The standard InChI is InChI=1S/C15H11BrN2.2H2O/c16-13-7-3-4-8-14(13)18-15-12-6-2-1-5-11(12)9-10-17-15;;/h1-10H,(H,17,18);2*1H2. The number of hydrogen-bond acceptors (Lipinski definition) is 2. The lowest BCUT2D eigenvalue weighted by Gasteiger charge is -2.09. The van der Waals surface area contributed by atoms with Gasteiger partial charge in [-0.15, -0.1) is 0 Å². The van der Waals surface area contributed by atoms with Gasteiger partial charge in [0.1, 0.15) is 5.82 Å². The molecule has 5 heteroatoms. The van der Waals surface area contributed by atoms with Crippen LogP contribution < -0.4 is 5.32 Å². The van der Waals surface area contributed by atoms with E-state index in [9.17, 15) is 0 Å². The predicted molar refractivity (Wildman–Crippen MR) is 86.4 cm³/mol. The first-order valence-electron chi connectivity index (χ1n) is 5.70. The number of nitrogens with zero attached hydrogens (tertiary/aromatic N) is 1. The molecule has 3 rings (SSSR count). The van der Waals surface area contributed by atoms with Crippen LogP contribution in [-0.4, -0.2) is 15.9 Å². The minimum atomic E-state index is 0. The van der Waals surface area contributed by atoms with Crippen molar-refractivity contribution in [3.8, 4) is 0 Å². The van der Waals surface area contributed by atoms with Crippen LogP contribution in [0.2, 0.25) is 0 Å². The Morgan fingerprint density at radius 3 is 2.35 bits per heavy atom. The quantitative estimate of drug-likeness (QED) is 0.780. The molecule has 0 bridgehead atoms. The molecule has 0 atom stereocenters. The number of fused-ring (bicyclic) bond motifs is 1. The van der Waals surface area contributed by atoms with E-state index in [1.807, 2.05) is 48.7 Å². The second-order valence-corrected chi connectivity index (χ2v) is 4.84. The van der Waals surface area contributed by atoms with Crippen LogP contribution in [0.1, 0.15) is 0 Å². The van der Waals surface area contributed by atoms with Crippen LogP contribution in [0, 0.1) is 0 Å². The number of halogens is 1. The smallest absolute Gasteiger partial charge is 0.138 e. The van der Waals surface area contributed by atoms with E-state index in [2.05, 4.69) is 38.4 Å². The van der Waals surface area contributed by atoms with Gasteiger partial charge in [0.15, 0.2) is 0 Å². The van der Waals surface area contributed by atoms with Crippen LogP contribution >= 0.6 is 15.9 Å². The SMILES string of the molecule is Brc1ccccc1Nc1nccc2ccccc12.O.O. The topological polar surface area (TPSA) is 87.9 Å². The first kappa shape index (κ1) is 16.1. The summed E-state index contributed by atoms with van der Waals surface area (Å²) in [5.74, 6) is 0.875. The number of rotatable bonds is 2. The second-order valence-electron chi connectivity index (χ2n) is 3.99. The summed E-state index contributed by atoms with van der Waals surface area (Å²) in [4.78, 5) is 4.41. The number of para-hydroxylation sites is 1. The number of aromatic nitrogens is 1. The first-order valence-corrected chi connectivity index (χ1v) is 6.49. The van der Waals surface area contributed by atoms with Gasteiger partial charge in [0.25, 0.3) is 0 Å². The van der Waals surface area contributed by atoms with E-state index in [0.717, 1.165) is 21.4 Å². The van der Waals surface area contributed by atoms with Crippen LogP contribution in [0.15, 0.2) is 65.3 Å². The van der Waals surface area contributed by atoms with Crippen molar-refractivity contribution in [1.29, 1.82) is 0 Å². The lowest BCUT2D eigenvalue weighted by atomic mass is 10.1. The van der Waals surface area contributed by atoms with Gasteiger partial charge in [-0.1, -0.05) is 36.4 Å². The highest BCUT2D eigenvalue weighted by molar-refractivity contribution is 9.10. The third-order valence-electron chi connectivity index (χ3n) is 2.80. The maximum absolute atomic E-state index is 4.41. The van der Waals surface area contributed by atoms with Crippen LogP contribution in [-0.2, 0) is 0 Å². The Balaban J connectivity index is 0.000001000. The van der Waals surface area contributed by atoms with Crippen molar-refractivity contribution in [1.82, 2.24) is 4.98 Å². The number of anilines is 2. The third kappa shape index (κ3) is 3.14. The minimum Gasteiger partial charge on any atom is -0.412 e. The monoisotopic (exact) mass is 334 g/mol. The van der Waals surface area contributed by atoms with Crippen molar-refractivity contribution in [3.63, 3.8) is 0 Å². The molecule has 1 aromatic heterocycles. The predicted octanol–water partition coefficient (Wildman–Crippen LogP) is 3.09. The summed E-state index contributed by atoms with van der Waals surface area (Å²) in [6, 6.07) is 18.2. The minimum absolute atomic E-state index is 0. The van der Waals surface area contributed by atoms with E-state index >= 15 is 0 Å². The summed E-state index contributed by atoms with van der Waals surface area (Å²) in [6.45, 7) is 0. The van der Waals surface area contributed by atoms with Crippen LogP contribution in [0.3, 0.4) is 0 Å². The zero-order chi connectivity index (χ0) is 12.4. The average molecular weight is 335 g/mol. The first-order chi connectivity index (χ1) is 8.84. The van der Waals surface area contributed by atoms with E-state index < -0.39 is 0 Å². The van der Waals surface area contributed by atoms with E-state index in [1.54, 1.807) is 0 Å². The Morgan fingerprint density at radius 2 is 1.55 bits per heavy atom. The van der Waals surface area contributed by atoms with E-state index in [1.165, 1.54) is 5.39 Å². The van der Waals surface area contributed by atoms with Crippen molar-refractivity contribution in [2.24, 2.45) is 0 Å². The number of pyridine rings is 1. The molecule has 1 heterocycles. The average Bonchev–Trinajstić information content (AvgIpc) is 2.42. The molecule has 0 aliphatic heterocycles. The van der Waals surface area contributed by atoms with Gasteiger partial charge in [-0.25, -0.2) is 4.98 Å². The molecule has 0 aliphatic carbocycles. The van der Waals surface area contributed by atoms with Crippen LogP contribution in [0.4, 0.5) is 11.5 Å². The highest BCUT2D eigenvalue weighted by atomic mass is 79.9. The maximum Gasteiger partial charge on any atom is 0.138 e. The summed E-state index contributed by atoms with van der Waals surface area (Å²) < 4.78 is 1.03. The fourth-order valence-corrected chi connectivity index (χ4v) is 2.29. The molecule has 0 spiro atoms. The van der Waals surface area contributed by atoms with Crippen LogP contribution in [0.25, 0.3) is 10.8 Å². The molecular weight excluding hydrogens is 320 g/mol. The normalized spacial score (nSPS) is 9.45. The van der Waals surface area contributed by atoms with Gasteiger partial charge in [-0.3, -0.25) is 0 Å². The molecule has 0 radical (unpaired) electrons. The van der Waals surface area contributed by atoms with Crippen molar-refractivity contribution in [3.05, 3.63) is 65.3 Å². The van der Waals surface area contributed by atoms with Gasteiger partial charge in [0.2, 0.25) is 0 Å². The summed E-state index contributed by atoms with van der Waals surface area (Å²) in [5, 5.41) is 5.66. The highest BCUT2D eigenvalue weighted by Crippen LogP contribution is 2.28. The van der Waals surface area contributed by atoms with Gasteiger partial charge in [0.05, 0.1) is 5.69 Å². The maximum atomic E-state index is 4.41. The molecular formula is C15H15BrN2O2. The Bertz CT molecular complexity index is 699. The Morgan fingerprint density at radius 1 is 0.850 bits per heavy atom. The molecule has 2 aromatic carbocycles. The molecule has 3 aromatic rings. The van der Waals surface area contributed by atoms with Crippen molar-refractivity contribution < 1.29 is 11.0 Å². The summed E-state index contributed by atoms with van der Waals surface area (Å²) in [7, 11) is 0. The third-order valence-corrected chi connectivity index (χ3v) is 3.49. The lowest BCUT2D eigenvalue weighted by molar-refractivity contribution is 0.823. The molecule has 0 fully saturated rings. The number of nitrogens with one attached hydrogen (secondary N) is 1. The zero-order valence-electron chi connectivity index (χ0n) is 10.6. The van der Waals surface area contributed by atoms with Gasteiger partial charge in [-0.05, 0) is 39.5 Å². The molecule has 4 nitrogen and oxygen atoms in total. The summed E-state index contributed by atoms with van der Waals surface area (Å²) in [5.41, 5.74) is 1.02.